The maximum absolute atomic E-state index is 11.9. The van der Waals surface area contributed by atoms with Crippen LogP contribution in [0.2, 0.25) is 0 Å². The molecule has 8 heteroatoms. The number of carbonyl (C=O) groups excluding carboxylic acids is 1. The summed E-state index contributed by atoms with van der Waals surface area (Å²) in [7, 11) is 0. The Morgan fingerprint density at radius 1 is 1.45 bits per heavy atom. The monoisotopic (exact) mass is 344 g/mol. The second kappa shape index (κ2) is 6.19. The van der Waals surface area contributed by atoms with Gasteiger partial charge in [0.2, 0.25) is 5.91 Å². The highest BCUT2D eigenvalue weighted by molar-refractivity contribution is 9.10. The number of carboxylic acids is 1. The molecule has 1 saturated heterocycles. The van der Waals surface area contributed by atoms with Gasteiger partial charge in [-0.2, -0.15) is 0 Å². The Kier molecular flexibility index (Phi) is 4.56. The molecule has 2 rings (SSSR count). The van der Waals surface area contributed by atoms with Gasteiger partial charge in [0.05, 0.1) is 19.3 Å². The summed E-state index contributed by atoms with van der Waals surface area (Å²) in [5.74, 6) is -2.18. The number of halogens is 1. The third kappa shape index (κ3) is 3.45. The van der Waals surface area contributed by atoms with Crippen LogP contribution in [0.3, 0.4) is 0 Å². The van der Waals surface area contributed by atoms with E-state index >= 15 is 0 Å². The average molecular weight is 345 g/mol. The summed E-state index contributed by atoms with van der Waals surface area (Å²) in [5.41, 5.74) is -0.305. The van der Waals surface area contributed by atoms with E-state index in [0.29, 0.717) is 4.47 Å². The Morgan fingerprint density at radius 2 is 2.20 bits per heavy atom. The zero-order valence-corrected chi connectivity index (χ0v) is 12.0. The van der Waals surface area contributed by atoms with Gasteiger partial charge >= 0.3 is 5.97 Å². The van der Waals surface area contributed by atoms with E-state index in [4.69, 9.17) is 9.84 Å². The Labute approximate surface area is 122 Å². The van der Waals surface area contributed by atoms with Crippen LogP contribution in [0.25, 0.3) is 0 Å². The van der Waals surface area contributed by atoms with Gasteiger partial charge in [0.25, 0.3) is 5.56 Å². The van der Waals surface area contributed by atoms with E-state index in [-0.39, 0.29) is 25.3 Å². The number of amides is 1. The highest BCUT2D eigenvalue weighted by Gasteiger charge is 2.34. The summed E-state index contributed by atoms with van der Waals surface area (Å²) < 4.78 is 6.97. The van der Waals surface area contributed by atoms with Crippen LogP contribution in [-0.2, 0) is 20.9 Å². The van der Waals surface area contributed by atoms with Crippen LogP contribution in [0.4, 0.5) is 0 Å². The van der Waals surface area contributed by atoms with Gasteiger partial charge in [-0.05, 0) is 22.0 Å². The number of pyridine rings is 1. The van der Waals surface area contributed by atoms with Gasteiger partial charge in [0.15, 0.2) is 0 Å². The predicted octanol–water partition coefficient (Wildman–Crippen LogP) is -0.173. The lowest BCUT2D eigenvalue weighted by Gasteiger charge is -2.16. The molecule has 1 amide bonds. The number of rotatable bonds is 4. The van der Waals surface area contributed by atoms with E-state index in [1.54, 1.807) is 6.07 Å². The fourth-order valence-electron chi connectivity index (χ4n) is 1.97. The molecule has 1 aliphatic rings. The number of hydrogen-bond acceptors (Lipinski definition) is 4. The van der Waals surface area contributed by atoms with Crippen LogP contribution in [-0.4, -0.2) is 40.8 Å². The molecule has 1 aliphatic heterocycles. The van der Waals surface area contributed by atoms with Crippen molar-refractivity contribution >= 4 is 27.8 Å². The van der Waals surface area contributed by atoms with Crippen molar-refractivity contribution < 1.29 is 19.4 Å². The number of aliphatic carboxylic acids is 1. The maximum atomic E-state index is 11.9. The van der Waals surface area contributed by atoms with Crippen molar-refractivity contribution in [3.05, 3.63) is 33.2 Å². The molecule has 2 atom stereocenters. The minimum atomic E-state index is -1.01. The molecule has 108 valence electrons. The molecule has 20 heavy (non-hydrogen) atoms. The molecule has 0 radical (unpaired) electrons. The van der Waals surface area contributed by atoms with Gasteiger partial charge in [0.1, 0.15) is 12.5 Å². The Morgan fingerprint density at radius 3 is 2.90 bits per heavy atom. The van der Waals surface area contributed by atoms with E-state index in [1.807, 2.05) is 0 Å². The van der Waals surface area contributed by atoms with E-state index in [0.717, 1.165) is 0 Å². The van der Waals surface area contributed by atoms with Gasteiger partial charge in [-0.25, -0.2) is 0 Å². The third-order valence-corrected chi connectivity index (χ3v) is 3.47. The summed E-state index contributed by atoms with van der Waals surface area (Å²) in [5, 5.41) is 11.6. The molecule has 2 heterocycles. The number of aromatic nitrogens is 1. The minimum Gasteiger partial charge on any atom is -0.481 e. The van der Waals surface area contributed by atoms with Crippen LogP contribution in [0, 0.1) is 5.92 Å². The van der Waals surface area contributed by atoms with Gasteiger partial charge in [-0.3, -0.25) is 14.4 Å². The van der Waals surface area contributed by atoms with Crippen molar-refractivity contribution in [3.8, 4) is 0 Å². The molecule has 0 bridgehead atoms. The molecule has 1 fully saturated rings. The zero-order valence-electron chi connectivity index (χ0n) is 10.4. The fourth-order valence-corrected chi connectivity index (χ4v) is 2.35. The molecule has 7 nitrogen and oxygen atoms in total. The number of nitrogens with one attached hydrogen (secondary N) is 1. The molecule has 2 N–H and O–H groups in total. The van der Waals surface area contributed by atoms with E-state index in [1.165, 1.54) is 16.8 Å². The number of carbonyl (C=O) groups is 2. The molecule has 0 aromatic carbocycles. The lowest BCUT2D eigenvalue weighted by molar-refractivity contribution is -0.142. The fraction of sp³-hybridized carbons (Fsp3) is 0.417. The third-order valence-electron chi connectivity index (χ3n) is 3.01. The zero-order chi connectivity index (χ0) is 14.7. The smallest absolute Gasteiger partial charge is 0.311 e. The molecule has 1 aromatic heterocycles. The first kappa shape index (κ1) is 14.7. The second-order valence-corrected chi connectivity index (χ2v) is 5.39. The van der Waals surface area contributed by atoms with Crippen LogP contribution in [0.15, 0.2) is 27.6 Å². The SMILES string of the molecule is O=C(Cn1cc(Br)ccc1=O)NC1COCC1C(=O)O. The first-order chi connectivity index (χ1) is 9.47. The largest absolute Gasteiger partial charge is 0.481 e. The number of carboxylic acid groups (broad SMARTS) is 1. The molecule has 0 spiro atoms. The standard InChI is InChI=1S/C12H13BrN2O5/c13-7-1-2-11(17)15(3-7)4-10(16)14-9-6-20-5-8(9)12(18)19/h1-3,8-9H,4-6H2,(H,14,16)(H,18,19). The highest BCUT2D eigenvalue weighted by Crippen LogP contribution is 2.13. The minimum absolute atomic E-state index is 0.0805. The summed E-state index contributed by atoms with van der Waals surface area (Å²) in [6.45, 7) is 0.0777. The van der Waals surface area contributed by atoms with Crippen LogP contribution >= 0.6 is 15.9 Å². The van der Waals surface area contributed by atoms with Gasteiger partial charge < -0.3 is 19.7 Å². The quantitative estimate of drug-likeness (QED) is 0.790. The van der Waals surface area contributed by atoms with Crippen molar-refractivity contribution in [3.63, 3.8) is 0 Å². The van der Waals surface area contributed by atoms with Crippen molar-refractivity contribution in [1.29, 1.82) is 0 Å². The maximum Gasteiger partial charge on any atom is 0.311 e. The predicted molar refractivity (Wildman–Crippen MR) is 72.3 cm³/mol. The molecule has 0 aliphatic carbocycles. The van der Waals surface area contributed by atoms with Crippen LogP contribution < -0.4 is 10.9 Å². The van der Waals surface area contributed by atoms with E-state index in [2.05, 4.69) is 21.2 Å². The first-order valence-corrected chi connectivity index (χ1v) is 6.72. The lowest BCUT2D eigenvalue weighted by atomic mass is 10.0. The number of hydrogen-bond donors (Lipinski definition) is 2. The number of ether oxygens (including phenoxy) is 1. The highest BCUT2D eigenvalue weighted by atomic mass is 79.9. The summed E-state index contributed by atoms with van der Waals surface area (Å²) in [6, 6.07) is 2.36. The molecule has 0 saturated carbocycles. The summed E-state index contributed by atoms with van der Waals surface area (Å²) in [6.07, 6.45) is 1.50. The average Bonchev–Trinajstić information content (AvgIpc) is 2.82. The van der Waals surface area contributed by atoms with Crippen LogP contribution in [0.5, 0.6) is 0 Å². The number of nitrogens with zero attached hydrogens (tertiary/aromatic N) is 1. The van der Waals surface area contributed by atoms with Gasteiger partial charge in [-0.1, -0.05) is 0 Å². The molecule has 1 aromatic rings. The lowest BCUT2D eigenvalue weighted by Crippen LogP contribution is -2.44. The van der Waals surface area contributed by atoms with Crippen molar-refractivity contribution in [1.82, 2.24) is 9.88 Å². The summed E-state index contributed by atoms with van der Waals surface area (Å²) in [4.78, 5) is 34.4. The Bertz CT molecular complexity index is 585. The van der Waals surface area contributed by atoms with E-state index in [9.17, 15) is 14.4 Å². The summed E-state index contributed by atoms with van der Waals surface area (Å²) >= 11 is 3.21. The van der Waals surface area contributed by atoms with Crippen molar-refractivity contribution in [2.75, 3.05) is 13.2 Å². The topological polar surface area (TPSA) is 97.6 Å². The molecular formula is C12H13BrN2O5. The van der Waals surface area contributed by atoms with Gasteiger partial charge in [-0.15, -0.1) is 0 Å². The molecular weight excluding hydrogens is 332 g/mol. The van der Waals surface area contributed by atoms with Crippen molar-refractivity contribution in [2.45, 2.75) is 12.6 Å². The van der Waals surface area contributed by atoms with Crippen LogP contribution in [0.1, 0.15) is 0 Å². The normalized spacial score (nSPS) is 21.6. The Hall–Kier alpha value is -1.67. The van der Waals surface area contributed by atoms with Crippen molar-refractivity contribution in [2.24, 2.45) is 5.92 Å². The Balaban J connectivity index is 2.00. The van der Waals surface area contributed by atoms with E-state index < -0.39 is 23.8 Å². The second-order valence-electron chi connectivity index (χ2n) is 4.47. The van der Waals surface area contributed by atoms with Gasteiger partial charge in [0, 0.05) is 16.7 Å². The molecule has 2 unspecified atom stereocenters. The first-order valence-electron chi connectivity index (χ1n) is 5.93.